The molecule has 3 aliphatic rings. The molecule has 2 saturated carbocycles. The molecular weight excluding hydrogens is 215 g/mol. The van der Waals surface area contributed by atoms with Crippen molar-refractivity contribution in [2.45, 2.75) is 18.9 Å². The fourth-order valence-corrected chi connectivity index (χ4v) is 2.66. The minimum absolute atomic E-state index is 0. The SMILES string of the molecule is O=C1OC2CC3[CH-]C1C2C3.[CH3-].[O]=[Co]. The Balaban J connectivity index is 0.000000266. The second kappa shape index (κ2) is 3.88. The predicted molar refractivity (Wildman–Crippen MR) is 41.0 cm³/mol. The summed E-state index contributed by atoms with van der Waals surface area (Å²) in [5.74, 6) is 1.49. The predicted octanol–water partition coefficient (Wildman–Crippen LogP) is 1.10. The molecule has 2 aliphatic carbocycles. The van der Waals surface area contributed by atoms with Gasteiger partial charge in [-0.25, -0.2) is 0 Å². The van der Waals surface area contributed by atoms with Gasteiger partial charge in [-0.2, -0.15) is 5.92 Å². The van der Waals surface area contributed by atoms with Gasteiger partial charge in [0.25, 0.3) is 5.97 Å². The average Bonchev–Trinajstić information content (AvgIpc) is 2.67. The van der Waals surface area contributed by atoms with Crippen molar-refractivity contribution in [2.24, 2.45) is 17.8 Å². The average molecular weight is 227 g/mol. The third-order valence-corrected chi connectivity index (χ3v) is 3.07. The van der Waals surface area contributed by atoms with Crippen LogP contribution in [0.2, 0.25) is 0 Å². The van der Waals surface area contributed by atoms with Crippen molar-refractivity contribution >= 4 is 5.97 Å². The maximum atomic E-state index is 11.0. The zero-order valence-electron chi connectivity index (χ0n) is 7.36. The molecular formula is C9H12CoO3-2. The summed E-state index contributed by atoms with van der Waals surface area (Å²) in [5.41, 5.74) is 0. The number of fused-ring (bicyclic) bond motifs is 1. The zero-order chi connectivity index (χ0) is 8.72. The van der Waals surface area contributed by atoms with Crippen LogP contribution >= 0.6 is 0 Å². The van der Waals surface area contributed by atoms with E-state index in [2.05, 4.69) is 22.1 Å². The quantitative estimate of drug-likeness (QED) is 0.459. The summed E-state index contributed by atoms with van der Waals surface area (Å²) >= 11 is 2.31. The molecule has 1 aliphatic heterocycles. The zero-order valence-corrected chi connectivity index (χ0v) is 8.40. The summed E-state index contributed by atoms with van der Waals surface area (Å²) in [5, 5.41) is 0. The van der Waals surface area contributed by atoms with E-state index in [4.69, 9.17) is 8.60 Å². The fraction of sp³-hybridized carbons (Fsp3) is 0.667. The van der Waals surface area contributed by atoms with Crippen LogP contribution in [0.5, 0.6) is 0 Å². The first-order chi connectivity index (χ1) is 5.84. The van der Waals surface area contributed by atoms with Crippen molar-refractivity contribution in [1.82, 2.24) is 0 Å². The molecule has 1 saturated heterocycles. The van der Waals surface area contributed by atoms with Crippen molar-refractivity contribution in [3.8, 4) is 0 Å². The minimum atomic E-state index is 0. The molecule has 0 N–H and O–H groups in total. The second-order valence-electron chi connectivity index (χ2n) is 3.59. The third kappa shape index (κ3) is 1.46. The van der Waals surface area contributed by atoms with E-state index in [9.17, 15) is 4.79 Å². The van der Waals surface area contributed by atoms with Crippen LogP contribution in [-0.4, -0.2) is 12.1 Å². The van der Waals surface area contributed by atoms with Gasteiger partial charge >= 0.3 is 19.5 Å². The van der Waals surface area contributed by atoms with E-state index in [1.54, 1.807) is 0 Å². The van der Waals surface area contributed by atoms with E-state index in [0.717, 1.165) is 6.42 Å². The van der Waals surface area contributed by atoms with E-state index in [1.165, 1.54) is 6.42 Å². The third-order valence-electron chi connectivity index (χ3n) is 3.07. The first-order valence-corrected chi connectivity index (χ1v) is 4.46. The van der Waals surface area contributed by atoms with E-state index in [-0.39, 0.29) is 19.3 Å². The Morgan fingerprint density at radius 1 is 1.38 bits per heavy atom. The van der Waals surface area contributed by atoms with Crippen LogP contribution in [0.4, 0.5) is 0 Å². The van der Waals surface area contributed by atoms with Gasteiger partial charge in [0.15, 0.2) is 0 Å². The number of hydrogen-bond donors (Lipinski definition) is 0. The fourth-order valence-electron chi connectivity index (χ4n) is 2.66. The van der Waals surface area contributed by atoms with Crippen molar-refractivity contribution in [1.29, 1.82) is 0 Å². The first-order valence-electron chi connectivity index (χ1n) is 4.04. The van der Waals surface area contributed by atoms with Crippen molar-refractivity contribution < 1.29 is 29.1 Å². The molecule has 3 rings (SSSR count). The summed E-state index contributed by atoms with van der Waals surface area (Å²) in [6.45, 7) is 0. The molecule has 77 valence electrons. The van der Waals surface area contributed by atoms with E-state index in [1.807, 2.05) is 0 Å². The van der Waals surface area contributed by atoms with Crippen molar-refractivity contribution in [3.05, 3.63) is 13.8 Å². The topological polar surface area (TPSA) is 43.4 Å². The van der Waals surface area contributed by atoms with Gasteiger partial charge in [-0.1, -0.05) is 12.3 Å². The summed E-state index contributed by atoms with van der Waals surface area (Å²) in [4.78, 5) is 11.0. The Labute approximate surface area is 86.0 Å². The Morgan fingerprint density at radius 3 is 2.54 bits per heavy atom. The summed E-state index contributed by atoms with van der Waals surface area (Å²) in [6, 6.07) is 0. The molecule has 3 fully saturated rings. The van der Waals surface area contributed by atoms with E-state index in [0.29, 0.717) is 17.9 Å². The number of esters is 1. The van der Waals surface area contributed by atoms with Crippen molar-refractivity contribution in [2.75, 3.05) is 0 Å². The van der Waals surface area contributed by atoms with Gasteiger partial charge in [0.2, 0.25) is 0 Å². The van der Waals surface area contributed by atoms with E-state index >= 15 is 0 Å². The maximum absolute atomic E-state index is 11.0. The van der Waals surface area contributed by atoms with Gasteiger partial charge in [0.1, 0.15) is 6.10 Å². The number of hydrogen-bond acceptors (Lipinski definition) is 3. The van der Waals surface area contributed by atoms with Crippen LogP contribution in [0.15, 0.2) is 0 Å². The van der Waals surface area contributed by atoms with Gasteiger partial charge in [-0.15, -0.1) is 0 Å². The van der Waals surface area contributed by atoms with Crippen LogP contribution < -0.4 is 0 Å². The molecule has 0 aromatic carbocycles. The van der Waals surface area contributed by atoms with Crippen LogP contribution in [0.25, 0.3) is 0 Å². The molecule has 3 nitrogen and oxygen atoms in total. The first kappa shape index (κ1) is 10.9. The van der Waals surface area contributed by atoms with Gasteiger partial charge in [-0.3, -0.25) is 4.79 Å². The van der Waals surface area contributed by atoms with Gasteiger partial charge in [0, 0.05) is 0 Å². The summed E-state index contributed by atoms with van der Waals surface area (Å²) in [7, 11) is 0. The van der Waals surface area contributed by atoms with E-state index < -0.39 is 0 Å². The molecule has 0 aromatic rings. The molecule has 0 amide bonds. The monoisotopic (exact) mass is 227 g/mol. The molecule has 0 spiro atoms. The van der Waals surface area contributed by atoms with Crippen molar-refractivity contribution in [3.63, 3.8) is 0 Å². The van der Waals surface area contributed by atoms with Gasteiger partial charge < -0.3 is 18.6 Å². The molecule has 0 radical (unpaired) electrons. The summed E-state index contributed by atoms with van der Waals surface area (Å²) < 4.78 is 13.1. The van der Waals surface area contributed by atoms with Crippen LogP contribution in [0, 0.1) is 31.6 Å². The standard InChI is InChI=1S/C8H9O2.CH3.Co.O/c9-8-6-2-4-1-5(6)7(3-4)10-8;;;/h2,4-7H,1,3H2;1H3;;/q2*-1;;. The number of rotatable bonds is 0. The Kier molecular flexibility index (Phi) is 3.24. The molecule has 4 atom stereocenters. The number of carbonyl (C=O) groups is 1. The van der Waals surface area contributed by atoms with Gasteiger partial charge in [-0.05, 0) is 12.3 Å². The number of carbonyl (C=O) groups excluding carboxylic acids is 1. The molecule has 13 heavy (non-hydrogen) atoms. The number of ether oxygens (including phenoxy) is 1. The second-order valence-corrected chi connectivity index (χ2v) is 3.59. The molecule has 0 aromatic heterocycles. The van der Waals surface area contributed by atoms with Crippen LogP contribution in [0.1, 0.15) is 12.8 Å². The Morgan fingerprint density at radius 2 is 2.08 bits per heavy atom. The van der Waals surface area contributed by atoms with Crippen LogP contribution in [-0.2, 0) is 29.1 Å². The summed E-state index contributed by atoms with van der Waals surface area (Å²) in [6.07, 6.45) is 4.80. The Bertz CT molecular complexity index is 217. The molecule has 2 bridgehead atoms. The Hall–Kier alpha value is -0.224. The molecule has 4 heteroatoms. The molecule has 4 unspecified atom stereocenters. The van der Waals surface area contributed by atoms with Gasteiger partial charge in [0.05, 0.1) is 0 Å². The van der Waals surface area contributed by atoms with Crippen LogP contribution in [0.3, 0.4) is 0 Å². The molecule has 1 heterocycles. The normalized spacial score (nSPS) is 43.3.